The fourth-order valence-electron chi connectivity index (χ4n) is 0.802. The first-order chi connectivity index (χ1) is 6.35. The molecule has 0 aliphatic heterocycles. The molecule has 0 radical (unpaired) electrons. The number of nitrogens with two attached hydrogens (primary N) is 1. The highest BCUT2D eigenvalue weighted by atomic mass is 35.5. The standard InChI is InChI=1S/C7H6ClF2NO2S/c8-5-2-1-4(3-6(5)11)14(12,13)7(9)10/h1-3,7H,11H2. The lowest BCUT2D eigenvalue weighted by Gasteiger charge is -2.04. The van der Waals surface area contributed by atoms with E-state index < -0.39 is 20.5 Å². The van der Waals surface area contributed by atoms with Crippen LogP contribution < -0.4 is 5.73 Å². The molecule has 0 aliphatic carbocycles. The summed E-state index contributed by atoms with van der Waals surface area (Å²) in [7, 11) is -4.59. The molecule has 0 atom stereocenters. The van der Waals surface area contributed by atoms with Crippen LogP contribution in [0, 0.1) is 0 Å². The van der Waals surface area contributed by atoms with Crippen molar-refractivity contribution in [3.8, 4) is 0 Å². The van der Waals surface area contributed by atoms with Gasteiger partial charge in [-0.25, -0.2) is 8.42 Å². The molecule has 3 nitrogen and oxygen atoms in total. The summed E-state index contributed by atoms with van der Waals surface area (Å²) in [5, 5.41) is 0.123. The molecule has 0 saturated carbocycles. The summed E-state index contributed by atoms with van der Waals surface area (Å²) in [4.78, 5) is -0.533. The van der Waals surface area contributed by atoms with Crippen LogP contribution in [0.1, 0.15) is 0 Å². The van der Waals surface area contributed by atoms with Crippen LogP contribution in [0.3, 0.4) is 0 Å². The van der Waals surface area contributed by atoms with Crippen LogP contribution in [0.2, 0.25) is 5.02 Å². The van der Waals surface area contributed by atoms with Gasteiger partial charge in [0.05, 0.1) is 15.6 Å². The summed E-state index contributed by atoms with van der Waals surface area (Å²) in [6.07, 6.45) is 0. The second-order valence-corrected chi connectivity index (χ2v) is 4.81. The minimum Gasteiger partial charge on any atom is -0.397 e. The van der Waals surface area contributed by atoms with E-state index >= 15 is 0 Å². The van der Waals surface area contributed by atoms with Crippen LogP contribution >= 0.6 is 11.6 Å². The van der Waals surface area contributed by atoms with E-state index in [1.807, 2.05) is 0 Å². The van der Waals surface area contributed by atoms with Crippen molar-refractivity contribution in [1.29, 1.82) is 0 Å². The number of alkyl halides is 2. The summed E-state index contributed by atoms with van der Waals surface area (Å²) in [5.41, 5.74) is 5.23. The Balaban J connectivity index is 3.29. The monoisotopic (exact) mass is 241 g/mol. The summed E-state index contributed by atoms with van der Waals surface area (Å²) >= 11 is 5.50. The number of hydrogen-bond acceptors (Lipinski definition) is 3. The summed E-state index contributed by atoms with van der Waals surface area (Å²) < 4.78 is 46.0. The van der Waals surface area contributed by atoms with Crippen molar-refractivity contribution in [3.63, 3.8) is 0 Å². The Morgan fingerprint density at radius 2 is 1.93 bits per heavy atom. The van der Waals surface area contributed by atoms with Crippen LogP contribution in [0.25, 0.3) is 0 Å². The van der Waals surface area contributed by atoms with E-state index in [1.165, 1.54) is 0 Å². The molecule has 14 heavy (non-hydrogen) atoms. The van der Waals surface area contributed by atoms with Crippen molar-refractivity contribution >= 4 is 27.1 Å². The van der Waals surface area contributed by atoms with Crippen LogP contribution in [0.4, 0.5) is 14.5 Å². The van der Waals surface area contributed by atoms with Crippen molar-refractivity contribution in [2.75, 3.05) is 5.73 Å². The number of anilines is 1. The molecule has 78 valence electrons. The van der Waals surface area contributed by atoms with Gasteiger partial charge in [0.1, 0.15) is 0 Å². The lowest BCUT2D eigenvalue weighted by Crippen LogP contribution is -2.11. The molecule has 0 aromatic heterocycles. The number of hydrogen-bond donors (Lipinski definition) is 1. The third-order valence-electron chi connectivity index (χ3n) is 1.53. The Bertz CT molecular complexity index is 447. The molecule has 1 rings (SSSR count). The van der Waals surface area contributed by atoms with Gasteiger partial charge in [-0.1, -0.05) is 11.6 Å². The Morgan fingerprint density at radius 3 is 2.36 bits per heavy atom. The molecular weight excluding hydrogens is 236 g/mol. The first-order valence-corrected chi connectivity index (χ1v) is 5.35. The second-order valence-electron chi connectivity index (χ2n) is 2.49. The third-order valence-corrected chi connectivity index (χ3v) is 3.25. The zero-order chi connectivity index (χ0) is 10.9. The molecule has 0 bridgehead atoms. The third kappa shape index (κ3) is 1.96. The lowest BCUT2D eigenvalue weighted by atomic mass is 10.3. The van der Waals surface area contributed by atoms with E-state index in [4.69, 9.17) is 17.3 Å². The maximum absolute atomic E-state index is 12.1. The summed E-state index contributed by atoms with van der Waals surface area (Å²) in [6.45, 7) is 0. The molecule has 0 unspecified atom stereocenters. The van der Waals surface area contributed by atoms with Gasteiger partial charge >= 0.3 is 5.76 Å². The first kappa shape index (κ1) is 11.2. The fourth-order valence-corrected chi connectivity index (χ4v) is 1.67. The molecule has 0 fully saturated rings. The second kappa shape index (κ2) is 3.70. The molecule has 0 amide bonds. The van der Waals surface area contributed by atoms with Crippen molar-refractivity contribution in [2.45, 2.75) is 10.7 Å². The van der Waals surface area contributed by atoms with Crippen LogP contribution in [-0.4, -0.2) is 14.2 Å². The van der Waals surface area contributed by atoms with Gasteiger partial charge in [-0.05, 0) is 18.2 Å². The molecule has 1 aromatic rings. The highest BCUT2D eigenvalue weighted by Crippen LogP contribution is 2.25. The van der Waals surface area contributed by atoms with Gasteiger partial charge in [-0.3, -0.25) is 0 Å². The SMILES string of the molecule is Nc1cc(S(=O)(=O)C(F)F)ccc1Cl. The Hall–Kier alpha value is -0.880. The Morgan fingerprint density at radius 1 is 1.36 bits per heavy atom. The van der Waals surface area contributed by atoms with Gasteiger partial charge < -0.3 is 5.73 Å². The molecule has 0 saturated heterocycles. The van der Waals surface area contributed by atoms with E-state index in [-0.39, 0.29) is 10.7 Å². The van der Waals surface area contributed by atoms with E-state index in [9.17, 15) is 17.2 Å². The van der Waals surface area contributed by atoms with Crippen LogP contribution in [0.15, 0.2) is 23.1 Å². The van der Waals surface area contributed by atoms with Crippen molar-refractivity contribution < 1.29 is 17.2 Å². The van der Waals surface area contributed by atoms with Crippen molar-refractivity contribution in [3.05, 3.63) is 23.2 Å². The number of sulfone groups is 1. The van der Waals surface area contributed by atoms with Crippen molar-refractivity contribution in [2.24, 2.45) is 0 Å². The molecule has 0 heterocycles. The lowest BCUT2D eigenvalue weighted by molar-refractivity contribution is 0.235. The zero-order valence-corrected chi connectivity index (χ0v) is 8.32. The molecule has 1 aromatic carbocycles. The van der Waals surface area contributed by atoms with Gasteiger partial charge in [-0.2, -0.15) is 8.78 Å². The molecule has 0 aliphatic rings. The van der Waals surface area contributed by atoms with Crippen LogP contribution in [0.5, 0.6) is 0 Å². The topological polar surface area (TPSA) is 60.2 Å². The van der Waals surface area contributed by atoms with Gasteiger partial charge in [0.25, 0.3) is 0 Å². The zero-order valence-electron chi connectivity index (χ0n) is 6.75. The largest absolute Gasteiger partial charge is 0.397 e. The van der Waals surface area contributed by atoms with Crippen LogP contribution in [-0.2, 0) is 9.84 Å². The number of rotatable bonds is 2. The van der Waals surface area contributed by atoms with E-state index in [0.717, 1.165) is 18.2 Å². The average molecular weight is 242 g/mol. The quantitative estimate of drug-likeness (QED) is 0.805. The molecule has 7 heteroatoms. The van der Waals surface area contributed by atoms with Gasteiger partial charge in [-0.15, -0.1) is 0 Å². The minimum atomic E-state index is -4.59. The number of nitrogen functional groups attached to an aromatic ring is 1. The predicted molar refractivity (Wildman–Crippen MR) is 49.1 cm³/mol. The van der Waals surface area contributed by atoms with E-state index in [1.54, 1.807) is 0 Å². The Labute approximate surface area is 84.4 Å². The van der Waals surface area contributed by atoms with Crippen molar-refractivity contribution in [1.82, 2.24) is 0 Å². The van der Waals surface area contributed by atoms with Gasteiger partial charge in [0, 0.05) is 0 Å². The normalized spacial score (nSPS) is 12.0. The highest BCUT2D eigenvalue weighted by molar-refractivity contribution is 7.91. The average Bonchev–Trinajstić information content (AvgIpc) is 2.09. The molecule has 0 spiro atoms. The summed E-state index contributed by atoms with van der Waals surface area (Å²) in [6, 6.07) is 3.05. The smallest absolute Gasteiger partial charge is 0.341 e. The maximum Gasteiger partial charge on any atom is 0.341 e. The van der Waals surface area contributed by atoms with Gasteiger partial charge in [0.2, 0.25) is 9.84 Å². The van der Waals surface area contributed by atoms with E-state index in [0.29, 0.717) is 0 Å². The minimum absolute atomic E-state index is 0.0478. The maximum atomic E-state index is 12.1. The first-order valence-electron chi connectivity index (χ1n) is 3.43. The Kier molecular flexibility index (Phi) is 2.96. The highest BCUT2D eigenvalue weighted by Gasteiger charge is 2.26. The fraction of sp³-hybridized carbons (Fsp3) is 0.143. The molecule has 2 N–H and O–H groups in total. The molecular formula is C7H6ClF2NO2S. The number of benzene rings is 1. The van der Waals surface area contributed by atoms with Gasteiger partial charge in [0.15, 0.2) is 0 Å². The number of halogens is 3. The van der Waals surface area contributed by atoms with E-state index in [2.05, 4.69) is 0 Å². The summed E-state index contributed by atoms with van der Waals surface area (Å²) in [5.74, 6) is -3.46. The predicted octanol–water partition coefficient (Wildman–Crippen LogP) is 1.92.